The molecular weight excluding hydrogens is 232 g/mol. The maximum atomic E-state index is 11.5. The summed E-state index contributed by atoms with van der Waals surface area (Å²) >= 11 is 0. The quantitative estimate of drug-likeness (QED) is 0.352. The van der Waals surface area contributed by atoms with E-state index in [-0.39, 0.29) is 5.69 Å². The first-order valence-corrected chi connectivity index (χ1v) is 5.44. The fourth-order valence-corrected chi connectivity index (χ4v) is 1.85. The second kappa shape index (κ2) is 4.44. The summed E-state index contributed by atoms with van der Waals surface area (Å²) in [6.07, 6.45) is 0. The zero-order valence-electron chi connectivity index (χ0n) is 10.1. The summed E-state index contributed by atoms with van der Waals surface area (Å²) in [7, 11) is 0. The van der Waals surface area contributed by atoms with E-state index in [1.807, 2.05) is 0 Å². The number of benzene rings is 1. The lowest BCUT2D eigenvalue weighted by atomic mass is 10.0. The highest BCUT2D eigenvalue weighted by Gasteiger charge is 2.11. The molecule has 1 aromatic carbocycles. The van der Waals surface area contributed by atoms with Crippen LogP contribution in [0.25, 0.3) is 11.1 Å². The van der Waals surface area contributed by atoms with Crippen LogP contribution in [0.5, 0.6) is 0 Å². The first kappa shape index (κ1) is 12.0. The Balaban J connectivity index is 2.55. The Hall–Kier alpha value is -2.43. The Bertz CT molecular complexity index is 600. The van der Waals surface area contributed by atoms with Crippen LogP contribution in [-0.2, 0) is 0 Å². The van der Waals surface area contributed by atoms with Crippen molar-refractivity contribution in [2.75, 3.05) is 0 Å². The van der Waals surface area contributed by atoms with Gasteiger partial charge in [0.1, 0.15) is 0 Å². The molecule has 0 unspecified atom stereocenters. The van der Waals surface area contributed by atoms with Gasteiger partial charge in [-0.25, -0.2) is 0 Å². The van der Waals surface area contributed by atoms with Gasteiger partial charge < -0.3 is 5.21 Å². The minimum Gasteiger partial charge on any atom is -0.618 e. The lowest BCUT2D eigenvalue weighted by Crippen LogP contribution is -2.33. The highest BCUT2D eigenvalue weighted by Crippen LogP contribution is 2.24. The third kappa shape index (κ3) is 2.15. The molecule has 0 saturated carbocycles. The van der Waals surface area contributed by atoms with Crippen LogP contribution in [0.1, 0.15) is 11.4 Å². The summed E-state index contributed by atoms with van der Waals surface area (Å²) in [4.78, 5) is 10.3. The van der Waals surface area contributed by atoms with Crippen molar-refractivity contribution in [1.29, 1.82) is 0 Å². The Morgan fingerprint density at radius 3 is 2.22 bits per heavy atom. The maximum absolute atomic E-state index is 11.5. The van der Waals surface area contributed by atoms with E-state index in [0.717, 1.165) is 15.9 Å². The average Bonchev–Trinajstić information content (AvgIpc) is 2.35. The van der Waals surface area contributed by atoms with Gasteiger partial charge in [-0.15, -0.1) is 0 Å². The molecule has 0 aliphatic rings. The normalized spacial score (nSPS) is 10.3. The molecule has 0 aliphatic carbocycles. The van der Waals surface area contributed by atoms with E-state index in [1.54, 1.807) is 38.1 Å². The standard InChI is InChI=1S/C13H12N2O3/c1-9-6-12(7-10(2)14(9)16)11-4-3-5-13(8-11)15(17)18/h3-8H,1-2H3. The molecule has 2 aromatic rings. The molecule has 2 rings (SSSR count). The predicted molar refractivity (Wildman–Crippen MR) is 67.0 cm³/mol. The van der Waals surface area contributed by atoms with Crippen LogP contribution in [0.2, 0.25) is 0 Å². The van der Waals surface area contributed by atoms with Crippen molar-refractivity contribution in [3.63, 3.8) is 0 Å². The van der Waals surface area contributed by atoms with Crippen LogP contribution in [0, 0.1) is 29.2 Å². The number of hydrogen-bond donors (Lipinski definition) is 0. The molecule has 0 bridgehead atoms. The van der Waals surface area contributed by atoms with Gasteiger partial charge in [0.05, 0.1) is 4.92 Å². The molecule has 0 fully saturated rings. The SMILES string of the molecule is Cc1cc(-c2cccc([N+](=O)[O-])c2)cc(C)[n+]1[O-]. The largest absolute Gasteiger partial charge is 0.618 e. The predicted octanol–water partition coefficient (Wildman–Crippen LogP) is 2.51. The lowest BCUT2D eigenvalue weighted by molar-refractivity contribution is -0.619. The molecule has 0 amide bonds. The van der Waals surface area contributed by atoms with E-state index in [0.29, 0.717) is 11.4 Å². The Morgan fingerprint density at radius 1 is 1.06 bits per heavy atom. The smallest absolute Gasteiger partial charge is 0.270 e. The molecule has 0 spiro atoms. The number of aryl methyl sites for hydroxylation is 2. The van der Waals surface area contributed by atoms with E-state index in [1.165, 1.54) is 12.1 Å². The summed E-state index contributed by atoms with van der Waals surface area (Å²) in [6.45, 7) is 3.42. The molecule has 0 aliphatic heterocycles. The molecule has 18 heavy (non-hydrogen) atoms. The Morgan fingerprint density at radius 2 is 1.67 bits per heavy atom. The van der Waals surface area contributed by atoms with Crippen LogP contribution in [-0.4, -0.2) is 4.92 Å². The number of aromatic nitrogens is 1. The minimum absolute atomic E-state index is 0.0432. The van der Waals surface area contributed by atoms with E-state index in [4.69, 9.17) is 0 Å². The van der Waals surface area contributed by atoms with Gasteiger partial charge in [-0.2, -0.15) is 4.73 Å². The molecule has 0 radical (unpaired) electrons. The van der Waals surface area contributed by atoms with Gasteiger partial charge in [0.25, 0.3) is 5.69 Å². The molecule has 5 heteroatoms. The van der Waals surface area contributed by atoms with E-state index < -0.39 is 4.92 Å². The third-order valence-corrected chi connectivity index (χ3v) is 2.76. The monoisotopic (exact) mass is 244 g/mol. The zero-order chi connectivity index (χ0) is 13.3. The lowest BCUT2D eigenvalue weighted by Gasteiger charge is -2.07. The summed E-state index contributed by atoms with van der Waals surface area (Å²) in [5.74, 6) is 0. The maximum Gasteiger partial charge on any atom is 0.270 e. The first-order valence-electron chi connectivity index (χ1n) is 5.44. The summed E-state index contributed by atoms with van der Waals surface area (Å²) in [5, 5.41) is 22.3. The molecule has 5 nitrogen and oxygen atoms in total. The Labute approximate surface area is 104 Å². The van der Waals surface area contributed by atoms with Crippen molar-refractivity contribution in [1.82, 2.24) is 0 Å². The second-order valence-corrected chi connectivity index (χ2v) is 4.13. The van der Waals surface area contributed by atoms with Gasteiger partial charge >= 0.3 is 0 Å². The van der Waals surface area contributed by atoms with Gasteiger partial charge in [-0.1, -0.05) is 12.1 Å². The zero-order valence-corrected chi connectivity index (χ0v) is 10.1. The van der Waals surface area contributed by atoms with Crippen molar-refractivity contribution < 1.29 is 9.65 Å². The molecule has 92 valence electrons. The number of pyridine rings is 1. The van der Waals surface area contributed by atoms with E-state index in [9.17, 15) is 15.3 Å². The van der Waals surface area contributed by atoms with Crippen LogP contribution in [0.3, 0.4) is 0 Å². The molecule has 0 N–H and O–H groups in total. The number of nitro groups is 1. The second-order valence-electron chi connectivity index (χ2n) is 4.13. The van der Waals surface area contributed by atoms with Crippen LogP contribution in [0.15, 0.2) is 36.4 Å². The fourth-order valence-electron chi connectivity index (χ4n) is 1.85. The number of nitro benzene ring substituents is 1. The van der Waals surface area contributed by atoms with Gasteiger partial charge in [0.15, 0.2) is 11.4 Å². The first-order chi connectivity index (χ1) is 8.49. The average molecular weight is 244 g/mol. The Kier molecular flexibility index (Phi) is 2.97. The number of nitrogens with zero attached hydrogens (tertiary/aromatic N) is 2. The summed E-state index contributed by atoms with van der Waals surface area (Å²) < 4.78 is 0.834. The molecule has 0 atom stereocenters. The van der Waals surface area contributed by atoms with Crippen molar-refractivity contribution in [3.05, 3.63) is 63.1 Å². The highest BCUT2D eigenvalue weighted by atomic mass is 16.6. The number of rotatable bonds is 2. The van der Waals surface area contributed by atoms with Crippen molar-refractivity contribution in [2.45, 2.75) is 13.8 Å². The summed E-state index contributed by atoms with van der Waals surface area (Å²) in [5.41, 5.74) is 2.71. The molecule has 0 saturated heterocycles. The van der Waals surface area contributed by atoms with Gasteiger partial charge in [0, 0.05) is 38.1 Å². The van der Waals surface area contributed by atoms with Crippen molar-refractivity contribution >= 4 is 5.69 Å². The van der Waals surface area contributed by atoms with Crippen LogP contribution < -0.4 is 4.73 Å². The van der Waals surface area contributed by atoms with E-state index in [2.05, 4.69) is 0 Å². The molecule has 1 aromatic heterocycles. The minimum atomic E-state index is -0.431. The molecule has 1 heterocycles. The van der Waals surface area contributed by atoms with Gasteiger partial charge in [0.2, 0.25) is 0 Å². The third-order valence-electron chi connectivity index (χ3n) is 2.76. The van der Waals surface area contributed by atoms with Gasteiger partial charge in [-0.3, -0.25) is 10.1 Å². The molecular formula is C13H12N2O3. The highest BCUT2D eigenvalue weighted by molar-refractivity contribution is 5.66. The number of hydrogen-bond acceptors (Lipinski definition) is 3. The van der Waals surface area contributed by atoms with E-state index >= 15 is 0 Å². The number of non-ortho nitro benzene ring substituents is 1. The van der Waals surface area contributed by atoms with Crippen LogP contribution >= 0.6 is 0 Å². The van der Waals surface area contributed by atoms with Gasteiger partial charge in [-0.05, 0) is 11.1 Å². The summed E-state index contributed by atoms with van der Waals surface area (Å²) in [6, 6.07) is 9.81. The van der Waals surface area contributed by atoms with Crippen LogP contribution in [0.4, 0.5) is 5.69 Å². The fraction of sp³-hybridized carbons (Fsp3) is 0.154. The topological polar surface area (TPSA) is 70.1 Å². The van der Waals surface area contributed by atoms with Crippen molar-refractivity contribution in [2.24, 2.45) is 0 Å². The van der Waals surface area contributed by atoms with Crippen molar-refractivity contribution in [3.8, 4) is 11.1 Å².